The van der Waals surface area contributed by atoms with Gasteiger partial charge in [-0.1, -0.05) is 24.6 Å². The van der Waals surface area contributed by atoms with Crippen LogP contribution in [0.1, 0.15) is 23.7 Å². The van der Waals surface area contributed by atoms with Gasteiger partial charge in [0.1, 0.15) is 0 Å². The molecular formula is C15H20ClN3O. The van der Waals surface area contributed by atoms with Gasteiger partial charge in [-0.15, -0.1) is 0 Å². The second-order valence-electron chi connectivity index (χ2n) is 5.71. The van der Waals surface area contributed by atoms with Crippen molar-refractivity contribution in [3.63, 3.8) is 0 Å². The summed E-state index contributed by atoms with van der Waals surface area (Å²) in [6, 6.07) is 6.03. The molecule has 108 valence electrons. The summed E-state index contributed by atoms with van der Waals surface area (Å²) in [5.74, 6) is 0.856. The van der Waals surface area contributed by atoms with E-state index in [1.54, 1.807) is 6.07 Å². The molecule has 1 aromatic rings. The summed E-state index contributed by atoms with van der Waals surface area (Å²) in [6.07, 6.45) is 1.06. The van der Waals surface area contributed by atoms with Crippen LogP contribution >= 0.6 is 11.6 Å². The Bertz CT molecular complexity index is 534. The predicted octanol–water partition coefficient (Wildman–Crippen LogP) is 1.87. The molecule has 3 atom stereocenters. The van der Waals surface area contributed by atoms with E-state index >= 15 is 0 Å². The normalized spacial score (nSPS) is 28.7. The standard InChI is InChI=1S/C15H20ClN3O/c1-2-12-10-7-18-6-9(10)8-19(12)13-5-3-4-11(16)14(13)15(17)20/h3-5,9-10,12,18H,2,6-8H2,1H3,(H2,17,20). The Morgan fingerprint density at radius 1 is 1.50 bits per heavy atom. The SMILES string of the molecule is CCC1C2CNCC2CN1c1cccc(Cl)c1C(N)=O. The molecule has 2 aliphatic rings. The molecule has 2 saturated heterocycles. The zero-order chi connectivity index (χ0) is 14.3. The fraction of sp³-hybridized carbons (Fsp3) is 0.533. The number of nitrogens with two attached hydrogens (primary N) is 1. The molecule has 0 aliphatic carbocycles. The summed E-state index contributed by atoms with van der Waals surface area (Å²) in [7, 11) is 0. The number of fused-ring (bicyclic) bond motifs is 1. The lowest BCUT2D eigenvalue weighted by Crippen LogP contribution is -2.36. The maximum absolute atomic E-state index is 11.7. The molecular weight excluding hydrogens is 274 g/mol. The molecule has 3 N–H and O–H groups in total. The topological polar surface area (TPSA) is 58.4 Å². The van der Waals surface area contributed by atoms with Crippen LogP contribution in [0.5, 0.6) is 0 Å². The highest BCUT2D eigenvalue weighted by Gasteiger charge is 2.44. The highest BCUT2D eigenvalue weighted by Crippen LogP contribution is 2.39. The summed E-state index contributed by atoms with van der Waals surface area (Å²) in [5.41, 5.74) is 6.88. The zero-order valence-corrected chi connectivity index (χ0v) is 12.4. The van der Waals surface area contributed by atoms with Crippen molar-refractivity contribution < 1.29 is 4.79 Å². The van der Waals surface area contributed by atoms with Gasteiger partial charge in [0.25, 0.3) is 5.91 Å². The van der Waals surface area contributed by atoms with Crippen LogP contribution in [0.3, 0.4) is 0 Å². The minimum Gasteiger partial charge on any atom is -0.367 e. The summed E-state index contributed by atoms with van der Waals surface area (Å²) in [4.78, 5) is 14.1. The molecule has 3 unspecified atom stereocenters. The van der Waals surface area contributed by atoms with Gasteiger partial charge in [-0.05, 0) is 30.4 Å². The Kier molecular flexibility index (Phi) is 3.61. The minimum atomic E-state index is -0.448. The number of amides is 1. The molecule has 4 nitrogen and oxygen atoms in total. The average molecular weight is 294 g/mol. The number of nitrogens with one attached hydrogen (secondary N) is 1. The monoisotopic (exact) mass is 293 g/mol. The maximum atomic E-state index is 11.7. The second kappa shape index (κ2) is 5.26. The third-order valence-corrected chi connectivity index (χ3v) is 5.00. The van der Waals surface area contributed by atoms with Crippen molar-refractivity contribution >= 4 is 23.2 Å². The van der Waals surface area contributed by atoms with Gasteiger partial charge in [-0.3, -0.25) is 4.79 Å². The van der Waals surface area contributed by atoms with E-state index in [0.717, 1.165) is 31.7 Å². The number of carbonyl (C=O) groups is 1. The lowest BCUT2D eigenvalue weighted by molar-refractivity contribution is 0.100. The van der Waals surface area contributed by atoms with E-state index in [4.69, 9.17) is 17.3 Å². The van der Waals surface area contributed by atoms with Crippen LogP contribution in [0.15, 0.2) is 18.2 Å². The predicted molar refractivity (Wildman–Crippen MR) is 81.2 cm³/mol. The van der Waals surface area contributed by atoms with Gasteiger partial charge in [0, 0.05) is 25.7 Å². The molecule has 0 spiro atoms. The fourth-order valence-corrected chi connectivity index (χ4v) is 4.08. The Hall–Kier alpha value is -1.26. The minimum absolute atomic E-state index is 0.444. The molecule has 5 heteroatoms. The summed E-state index contributed by atoms with van der Waals surface area (Å²) < 4.78 is 0. The second-order valence-corrected chi connectivity index (χ2v) is 6.12. The van der Waals surface area contributed by atoms with E-state index < -0.39 is 5.91 Å². The van der Waals surface area contributed by atoms with E-state index in [1.165, 1.54) is 0 Å². The van der Waals surface area contributed by atoms with Crippen LogP contribution in [0.2, 0.25) is 5.02 Å². The van der Waals surface area contributed by atoms with E-state index in [-0.39, 0.29) is 0 Å². The molecule has 3 rings (SSSR count). The smallest absolute Gasteiger partial charge is 0.252 e. The van der Waals surface area contributed by atoms with Crippen molar-refractivity contribution in [2.45, 2.75) is 19.4 Å². The number of primary amides is 1. The molecule has 0 saturated carbocycles. The molecule has 0 bridgehead atoms. The largest absolute Gasteiger partial charge is 0.367 e. The Morgan fingerprint density at radius 3 is 3.00 bits per heavy atom. The number of benzene rings is 1. The first-order chi connectivity index (χ1) is 9.63. The number of halogens is 1. The summed E-state index contributed by atoms with van der Waals surface area (Å²) >= 11 is 6.17. The van der Waals surface area contributed by atoms with Gasteiger partial charge in [-0.2, -0.15) is 0 Å². The van der Waals surface area contributed by atoms with Crippen LogP contribution in [0, 0.1) is 11.8 Å². The number of carbonyl (C=O) groups excluding carboxylic acids is 1. The van der Waals surface area contributed by atoms with Crippen LogP contribution in [0.4, 0.5) is 5.69 Å². The van der Waals surface area contributed by atoms with Gasteiger partial charge in [0.15, 0.2) is 0 Å². The highest BCUT2D eigenvalue weighted by molar-refractivity contribution is 6.34. The van der Waals surface area contributed by atoms with Crippen molar-refractivity contribution in [1.29, 1.82) is 0 Å². The van der Waals surface area contributed by atoms with Crippen molar-refractivity contribution in [2.24, 2.45) is 17.6 Å². The van der Waals surface area contributed by atoms with Gasteiger partial charge in [0.2, 0.25) is 0 Å². The lowest BCUT2D eigenvalue weighted by Gasteiger charge is -2.30. The van der Waals surface area contributed by atoms with E-state index in [1.807, 2.05) is 12.1 Å². The first kappa shape index (κ1) is 13.7. The number of rotatable bonds is 3. The number of anilines is 1. The van der Waals surface area contributed by atoms with Crippen molar-refractivity contribution in [3.05, 3.63) is 28.8 Å². The molecule has 2 heterocycles. The maximum Gasteiger partial charge on any atom is 0.252 e. The van der Waals surface area contributed by atoms with Gasteiger partial charge in [0.05, 0.1) is 16.3 Å². The third-order valence-electron chi connectivity index (χ3n) is 4.68. The Labute approximate surface area is 124 Å². The average Bonchev–Trinajstić information content (AvgIpc) is 2.97. The first-order valence-electron chi connectivity index (χ1n) is 7.19. The fourth-order valence-electron chi connectivity index (χ4n) is 3.82. The van der Waals surface area contributed by atoms with Crippen molar-refractivity contribution in [3.8, 4) is 0 Å². The molecule has 2 fully saturated rings. The van der Waals surface area contributed by atoms with Crippen LogP contribution in [-0.4, -0.2) is 31.6 Å². The molecule has 0 radical (unpaired) electrons. The Morgan fingerprint density at radius 2 is 2.30 bits per heavy atom. The summed E-state index contributed by atoms with van der Waals surface area (Å²) in [6.45, 7) is 5.29. The number of hydrogen-bond acceptors (Lipinski definition) is 3. The van der Waals surface area contributed by atoms with E-state index in [2.05, 4.69) is 17.1 Å². The quantitative estimate of drug-likeness (QED) is 0.894. The van der Waals surface area contributed by atoms with Crippen LogP contribution in [0.25, 0.3) is 0 Å². The molecule has 2 aliphatic heterocycles. The van der Waals surface area contributed by atoms with E-state index in [0.29, 0.717) is 28.5 Å². The molecule has 0 aromatic heterocycles. The molecule has 20 heavy (non-hydrogen) atoms. The van der Waals surface area contributed by atoms with Gasteiger partial charge < -0.3 is 16.0 Å². The number of nitrogens with zero attached hydrogens (tertiary/aromatic N) is 1. The third kappa shape index (κ3) is 2.07. The van der Waals surface area contributed by atoms with Crippen molar-refractivity contribution in [2.75, 3.05) is 24.5 Å². The highest BCUT2D eigenvalue weighted by atomic mass is 35.5. The van der Waals surface area contributed by atoms with Gasteiger partial charge >= 0.3 is 0 Å². The lowest BCUT2D eigenvalue weighted by atomic mass is 9.92. The van der Waals surface area contributed by atoms with Crippen LogP contribution < -0.4 is 16.0 Å². The number of hydrogen-bond donors (Lipinski definition) is 2. The van der Waals surface area contributed by atoms with Crippen molar-refractivity contribution in [1.82, 2.24) is 5.32 Å². The summed E-state index contributed by atoms with van der Waals surface area (Å²) in [5, 5.41) is 3.91. The van der Waals surface area contributed by atoms with E-state index in [9.17, 15) is 4.79 Å². The van der Waals surface area contributed by atoms with Gasteiger partial charge in [-0.25, -0.2) is 0 Å². The Balaban J connectivity index is 2.01. The first-order valence-corrected chi connectivity index (χ1v) is 7.57. The van der Waals surface area contributed by atoms with Crippen LogP contribution in [-0.2, 0) is 0 Å². The molecule has 1 aromatic carbocycles. The molecule has 1 amide bonds. The zero-order valence-electron chi connectivity index (χ0n) is 11.6.